The minimum absolute atomic E-state index is 0.0192. The number of aromatic hydroxyl groups is 1. The largest absolute Gasteiger partial charge is 0.507 e. The number of hydrogen-bond acceptors (Lipinski definition) is 6. The molecule has 156 valence electrons. The SMILES string of the molecule is COP(=O)(CC(O)CC(O)c1cc(C(C)(C)C)c(O)c(C(C)(C)C)c1)OC. The molecule has 0 aliphatic rings. The first-order chi connectivity index (χ1) is 12.1. The lowest BCUT2D eigenvalue weighted by atomic mass is 9.77. The number of phenolic OH excluding ortho intramolecular Hbond substituents is 1. The topological polar surface area (TPSA) is 96.2 Å². The van der Waals surface area contributed by atoms with Crippen molar-refractivity contribution in [3.05, 3.63) is 28.8 Å². The molecule has 0 saturated heterocycles. The molecule has 0 heterocycles. The lowest BCUT2D eigenvalue weighted by molar-refractivity contribution is 0.0881. The van der Waals surface area contributed by atoms with Crippen LogP contribution in [0.15, 0.2) is 12.1 Å². The number of benzene rings is 1. The summed E-state index contributed by atoms with van der Waals surface area (Å²) >= 11 is 0. The van der Waals surface area contributed by atoms with Gasteiger partial charge < -0.3 is 24.4 Å². The highest BCUT2D eigenvalue weighted by molar-refractivity contribution is 7.53. The highest BCUT2D eigenvalue weighted by Crippen LogP contribution is 2.48. The fourth-order valence-corrected chi connectivity index (χ4v) is 4.06. The molecule has 1 rings (SSSR count). The fraction of sp³-hybridized carbons (Fsp3) is 0.700. The van der Waals surface area contributed by atoms with Crippen molar-refractivity contribution in [2.75, 3.05) is 20.4 Å². The summed E-state index contributed by atoms with van der Waals surface area (Å²) in [7, 11) is -0.841. The average Bonchev–Trinajstić information content (AvgIpc) is 2.52. The number of aliphatic hydroxyl groups excluding tert-OH is 2. The van der Waals surface area contributed by atoms with E-state index in [1.807, 2.05) is 41.5 Å². The molecule has 7 heteroatoms. The second-order valence-corrected chi connectivity index (χ2v) is 11.3. The summed E-state index contributed by atoms with van der Waals surface area (Å²) in [5, 5.41) is 31.7. The molecule has 3 N–H and O–H groups in total. The van der Waals surface area contributed by atoms with Gasteiger partial charge >= 0.3 is 7.60 Å². The van der Waals surface area contributed by atoms with Crippen LogP contribution in [0.4, 0.5) is 0 Å². The molecular formula is C20H35O6P. The second-order valence-electron chi connectivity index (χ2n) is 9.03. The number of phenols is 1. The lowest BCUT2D eigenvalue weighted by Crippen LogP contribution is -2.21. The summed E-state index contributed by atoms with van der Waals surface area (Å²) in [5.74, 6) is 0.231. The first-order valence-corrected chi connectivity index (χ1v) is 10.8. The van der Waals surface area contributed by atoms with Gasteiger partial charge in [0.25, 0.3) is 0 Å². The summed E-state index contributed by atoms with van der Waals surface area (Å²) in [5.41, 5.74) is 1.43. The number of hydrogen-bond donors (Lipinski definition) is 3. The minimum atomic E-state index is -3.37. The van der Waals surface area contributed by atoms with E-state index < -0.39 is 19.8 Å². The van der Waals surface area contributed by atoms with E-state index in [-0.39, 0.29) is 29.2 Å². The van der Waals surface area contributed by atoms with Gasteiger partial charge in [0.05, 0.1) is 18.4 Å². The third kappa shape index (κ3) is 6.30. The molecule has 1 aromatic carbocycles. The Morgan fingerprint density at radius 1 is 0.963 bits per heavy atom. The Bertz CT molecular complexity index is 644. The molecular weight excluding hydrogens is 367 g/mol. The maximum atomic E-state index is 12.2. The molecule has 0 fully saturated rings. The zero-order chi connectivity index (χ0) is 21.2. The van der Waals surface area contributed by atoms with Crippen LogP contribution in [0.3, 0.4) is 0 Å². The van der Waals surface area contributed by atoms with E-state index in [2.05, 4.69) is 0 Å². The molecule has 0 bridgehead atoms. The first-order valence-electron chi connectivity index (χ1n) is 9.09. The lowest BCUT2D eigenvalue weighted by Gasteiger charge is -2.29. The van der Waals surface area contributed by atoms with Crippen LogP contribution in [0.5, 0.6) is 5.75 Å². The van der Waals surface area contributed by atoms with Crippen LogP contribution < -0.4 is 0 Å². The smallest absolute Gasteiger partial charge is 0.332 e. The zero-order valence-corrected chi connectivity index (χ0v) is 18.6. The molecule has 0 aromatic heterocycles. The minimum Gasteiger partial charge on any atom is -0.507 e. The summed E-state index contributed by atoms with van der Waals surface area (Å²) < 4.78 is 21.9. The predicted molar refractivity (Wildman–Crippen MR) is 108 cm³/mol. The third-order valence-corrected chi connectivity index (χ3v) is 6.60. The molecule has 27 heavy (non-hydrogen) atoms. The van der Waals surface area contributed by atoms with Gasteiger partial charge in [0.1, 0.15) is 5.75 Å². The van der Waals surface area contributed by atoms with Gasteiger partial charge in [-0.05, 0) is 39.7 Å². The van der Waals surface area contributed by atoms with Gasteiger partial charge in [0.15, 0.2) is 0 Å². The van der Waals surface area contributed by atoms with Crippen LogP contribution in [0.1, 0.15) is 70.8 Å². The molecule has 0 saturated carbocycles. The molecule has 1 aromatic rings. The number of rotatable bonds is 7. The van der Waals surface area contributed by atoms with Gasteiger partial charge in [0, 0.05) is 20.6 Å². The van der Waals surface area contributed by atoms with Gasteiger partial charge in [-0.3, -0.25) is 4.57 Å². The van der Waals surface area contributed by atoms with Gasteiger partial charge in [-0.15, -0.1) is 0 Å². The standard InChI is InChI=1S/C20H35O6P/c1-19(2,3)15-9-13(10-16(18(15)23)20(4,5)6)17(22)11-14(21)12-27(24,25-7)26-8/h9-10,14,17,21-23H,11-12H2,1-8H3. The van der Waals surface area contributed by atoms with E-state index in [9.17, 15) is 19.9 Å². The van der Waals surface area contributed by atoms with Crippen molar-refractivity contribution in [3.8, 4) is 5.75 Å². The van der Waals surface area contributed by atoms with Gasteiger partial charge in [-0.1, -0.05) is 41.5 Å². The van der Waals surface area contributed by atoms with Gasteiger partial charge in [-0.25, -0.2) is 0 Å². The quantitative estimate of drug-likeness (QED) is 0.590. The van der Waals surface area contributed by atoms with Crippen LogP contribution >= 0.6 is 7.60 Å². The molecule has 6 nitrogen and oxygen atoms in total. The summed E-state index contributed by atoms with van der Waals surface area (Å²) in [6.45, 7) is 12.0. The maximum absolute atomic E-state index is 12.2. The first kappa shape index (κ1) is 24.1. The Morgan fingerprint density at radius 2 is 1.37 bits per heavy atom. The molecule has 0 aliphatic heterocycles. The molecule has 0 spiro atoms. The van der Waals surface area contributed by atoms with Crippen molar-refractivity contribution >= 4 is 7.60 Å². The van der Waals surface area contributed by atoms with Crippen molar-refractivity contribution < 1.29 is 28.9 Å². The fourth-order valence-electron chi connectivity index (χ4n) is 2.94. The van der Waals surface area contributed by atoms with Crippen LogP contribution in [0.25, 0.3) is 0 Å². The normalized spacial score (nSPS) is 15.6. The van der Waals surface area contributed by atoms with Crippen molar-refractivity contribution in [2.24, 2.45) is 0 Å². The highest BCUT2D eigenvalue weighted by Gasteiger charge is 2.30. The average molecular weight is 402 g/mol. The monoisotopic (exact) mass is 402 g/mol. The molecule has 0 amide bonds. The number of aliphatic hydroxyl groups is 2. The van der Waals surface area contributed by atoms with Crippen molar-refractivity contribution in [1.82, 2.24) is 0 Å². The third-order valence-electron chi connectivity index (χ3n) is 4.62. The summed E-state index contributed by atoms with van der Waals surface area (Å²) in [4.78, 5) is 0. The molecule has 0 radical (unpaired) electrons. The van der Waals surface area contributed by atoms with E-state index in [1.54, 1.807) is 12.1 Å². The highest BCUT2D eigenvalue weighted by atomic mass is 31.2. The van der Waals surface area contributed by atoms with Crippen LogP contribution in [-0.4, -0.2) is 41.8 Å². The van der Waals surface area contributed by atoms with Crippen molar-refractivity contribution in [2.45, 2.75) is 71.0 Å². The van der Waals surface area contributed by atoms with E-state index in [1.165, 1.54) is 14.2 Å². The Balaban J connectivity index is 3.23. The van der Waals surface area contributed by atoms with Crippen LogP contribution in [-0.2, 0) is 24.4 Å². The van der Waals surface area contributed by atoms with Crippen molar-refractivity contribution in [3.63, 3.8) is 0 Å². The van der Waals surface area contributed by atoms with Crippen LogP contribution in [0, 0.1) is 0 Å². The van der Waals surface area contributed by atoms with Gasteiger partial charge in [-0.2, -0.15) is 0 Å². The molecule has 2 atom stereocenters. The van der Waals surface area contributed by atoms with Crippen LogP contribution in [0.2, 0.25) is 0 Å². The van der Waals surface area contributed by atoms with Crippen molar-refractivity contribution in [1.29, 1.82) is 0 Å². The Hall–Kier alpha value is -0.910. The molecule has 2 unspecified atom stereocenters. The predicted octanol–water partition coefficient (Wildman–Crippen LogP) is 4.26. The van der Waals surface area contributed by atoms with E-state index in [4.69, 9.17) is 9.05 Å². The Labute approximate surface area is 163 Å². The Morgan fingerprint density at radius 3 is 1.70 bits per heavy atom. The Kier molecular flexibility index (Phi) is 7.71. The zero-order valence-electron chi connectivity index (χ0n) is 17.7. The van der Waals surface area contributed by atoms with E-state index in [0.717, 1.165) is 11.1 Å². The maximum Gasteiger partial charge on any atom is 0.332 e. The van der Waals surface area contributed by atoms with E-state index >= 15 is 0 Å². The van der Waals surface area contributed by atoms with E-state index in [0.29, 0.717) is 5.56 Å². The summed E-state index contributed by atoms with van der Waals surface area (Å²) in [6, 6.07) is 3.54. The second kappa shape index (κ2) is 8.62. The summed E-state index contributed by atoms with van der Waals surface area (Å²) in [6.07, 6.45) is -2.26. The van der Waals surface area contributed by atoms with Gasteiger partial charge in [0.2, 0.25) is 0 Å². The molecule has 0 aliphatic carbocycles.